The van der Waals surface area contributed by atoms with Gasteiger partial charge in [-0.15, -0.1) is 0 Å². The summed E-state index contributed by atoms with van der Waals surface area (Å²) >= 11 is 0. The van der Waals surface area contributed by atoms with Crippen LogP contribution in [0.1, 0.15) is 89.3 Å². The number of benzene rings is 1. The van der Waals surface area contributed by atoms with Crippen LogP contribution in [0.3, 0.4) is 0 Å². The summed E-state index contributed by atoms with van der Waals surface area (Å²) in [5.41, 5.74) is 6.58. The van der Waals surface area contributed by atoms with Crippen LogP contribution < -0.4 is 4.74 Å². The fourth-order valence-corrected chi connectivity index (χ4v) is 5.14. The highest BCUT2D eigenvalue weighted by Gasteiger charge is 2.32. The summed E-state index contributed by atoms with van der Waals surface area (Å²) in [6.45, 7) is 15.2. The van der Waals surface area contributed by atoms with Crippen LogP contribution in [-0.2, 0) is 16.0 Å². The van der Waals surface area contributed by atoms with Crippen LogP contribution >= 0.6 is 0 Å². The fraction of sp³-hybridized carbons (Fsp3) is 0.594. The summed E-state index contributed by atoms with van der Waals surface area (Å²) in [4.78, 5) is 14.4. The first kappa shape index (κ1) is 29.0. The van der Waals surface area contributed by atoms with Gasteiger partial charge in [0.05, 0.1) is 13.2 Å². The summed E-state index contributed by atoms with van der Waals surface area (Å²) in [6.07, 6.45) is 14.7. The average molecular weight is 510 g/mol. The van der Waals surface area contributed by atoms with Gasteiger partial charge < -0.3 is 19.5 Å². The quantitative estimate of drug-likeness (QED) is 0.269. The number of fused-ring (bicyclic) bond motifs is 1. The molecule has 1 aromatic carbocycles. The lowest BCUT2D eigenvalue weighted by molar-refractivity contribution is -0.131. The van der Waals surface area contributed by atoms with Gasteiger partial charge in [-0.05, 0) is 116 Å². The summed E-state index contributed by atoms with van der Waals surface area (Å²) in [5, 5.41) is 10.1. The number of carbonyl (C=O) groups is 1. The first-order chi connectivity index (χ1) is 17.6. The molecule has 1 unspecified atom stereocenters. The van der Waals surface area contributed by atoms with Crippen molar-refractivity contribution in [3.05, 3.63) is 57.7 Å². The molecule has 5 heteroatoms. The normalized spacial score (nSPS) is 21.0. The third-order valence-electron chi connectivity index (χ3n) is 7.98. The molecule has 0 spiro atoms. The standard InChI is InChI=1S/C32H47NO4/c1-23(12-8-14-25(3)31(35)33-18-20-36-21-19-33)10-7-11-24(2)13-9-16-32(6)17-15-28-22-29(34)26(4)27(5)30(28)37-32/h10,13-14,22,34H,7-9,11-12,15-21H2,1-6H3/b23-10+,24-13+,25-14+. The van der Waals surface area contributed by atoms with Crippen molar-refractivity contribution >= 4 is 5.91 Å². The number of morpholine rings is 1. The van der Waals surface area contributed by atoms with Gasteiger partial charge in [0.25, 0.3) is 0 Å². The molecular weight excluding hydrogens is 462 g/mol. The first-order valence-electron chi connectivity index (χ1n) is 14.0. The molecule has 0 bridgehead atoms. The van der Waals surface area contributed by atoms with Gasteiger partial charge in [0.1, 0.15) is 17.1 Å². The molecule has 204 valence electrons. The second kappa shape index (κ2) is 13.3. The number of nitrogens with zero attached hydrogens (tertiary/aromatic N) is 1. The van der Waals surface area contributed by atoms with Gasteiger partial charge in [0.15, 0.2) is 0 Å². The van der Waals surface area contributed by atoms with E-state index in [1.54, 1.807) is 0 Å². The monoisotopic (exact) mass is 509 g/mol. The van der Waals surface area contributed by atoms with Crippen LogP contribution in [0, 0.1) is 13.8 Å². The minimum atomic E-state index is -0.163. The smallest absolute Gasteiger partial charge is 0.249 e. The lowest BCUT2D eigenvalue weighted by Gasteiger charge is -2.37. The van der Waals surface area contributed by atoms with E-state index in [0.717, 1.165) is 79.4 Å². The van der Waals surface area contributed by atoms with E-state index in [4.69, 9.17) is 9.47 Å². The van der Waals surface area contributed by atoms with E-state index in [2.05, 4.69) is 39.0 Å². The van der Waals surface area contributed by atoms with Crippen LogP contribution in [0.15, 0.2) is 41.0 Å². The van der Waals surface area contributed by atoms with Crippen molar-refractivity contribution in [1.82, 2.24) is 4.90 Å². The van der Waals surface area contributed by atoms with Gasteiger partial charge in [-0.3, -0.25) is 4.79 Å². The number of phenolic OH excluding ortho intramolecular Hbond substituents is 1. The Hall–Kier alpha value is -2.53. The first-order valence-corrected chi connectivity index (χ1v) is 14.0. The Labute approximate surface area is 224 Å². The highest BCUT2D eigenvalue weighted by atomic mass is 16.5. The lowest BCUT2D eigenvalue weighted by Crippen LogP contribution is -2.41. The van der Waals surface area contributed by atoms with E-state index in [-0.39, 0.29) is 11.5 Å². The second-order valence-electron chi connectivity index (χ2n) is 11.2. The number of ether oxygens (including phenoxy) is 2. The van der Waals surface area contributed by atoms with Crippen molar-refractivity contribution in [3.63, 3.8) is 0 Å². The molecule has 2 aliphatic heterocycles. The summed E-state index contributed by atoms with van der Waals surface area (Å²) in [5.74, 6) is 1.49. The third kappa shape index (κ3) is 8.23. The highest BCUT2D eigenvalue weighted by Crippen LogP contribution is 2.41. The van der Waals surface area contributed by atoms with Crippen molar-refractivity contribution in [2.45, 2.75) is 98.5 Å². The van der Waals surface area contributed by atoms with E-state index in [9.17, 15) is 9.90 Å². The number of carbonyl (C=O) groups excluding carboxylic acids is 1. The zero-order valence-electron chi connectivity index (χ0n) is 23.9. The molecule has 1 atom stereocenters. The van der Waals surface area contributed by atoms with E-state index < -0.39 is 0 Å². The van der Waals surface area contributed by atoms with Crippen LogP contribution in [0.25, 0.3) is 0 Å². The maximum atomic E-state index is 12.5. The van der Waals surface area contributed by atoms with Gasteiger partial charge in [0.2, 0.25) is 5.91 Å². The number of aromatic hydroxyl groups is 1. The Bertz CT molecular complexity index is 1050. The molecule has 5 nitrogen and oxygen atoms in total. The molecular formula is C32H47NO4. The Balaban J connectivity index is 1.39. The Morgan fingerprint density at radius 3 is 2.30 bits per heavy atom. The second-order valence-corrected chi connectivity index (χ2v) is 11.2. The average Bonchev–Trinajstić information content (AvgIpc) is 2.88. The molecule has 0 aromatic heterocycles. The third-order valence-corrected chi connectivity index (χ3v) is 7.98. The fourth-order valence-electron chi connectivity index (χ4n) is 5.14. The molecule has 0 radical (unpaired) electrons. The molecule has 1 fully saturated rings. The van der Waals surface area contributed by atoms with Gasteiger partial charge in [-0.25, -0.2) is 0 Å². The van der Waals surface area contributed by atoms with E-state index in [1.165, 1.54) is 11.1 Å². The molecule has 0 aliphatic carbocycles. The zero-order valence-corrected chi connectivity index (χ0v) is 23.9. The van der Waals surface area contributed by atoms with Crippen LogP contribution in [0.2, 0.25) is 0 Å². The SMILES string of the molecule is C/C(=C\CC/C(C)=C/CCC1(C)CCc2cc(O)c(C)c(C)c2O1)CC/C=C(\C)C(=O)N1CCOCC1. The van der Waals surface area contributed by atoms with Gasteiger partial charge >= 0.3 is 0 Å². The van der Waals surface area contributed by atoms with Crippen LogP contribution in [0.5, 0.6) is 11.5 Å². The number of aryl methyl sites for hydroxylation is 1. The maximum Gasteiger partial charge on any atom is 0.249 e. The maximum absolute atomic E-state index is 12.5. The van der Waals surface area contributed by atoms with Crippen molar-refractivity contribution in [2.24, 2.45) is 0 Å². The predicted molar refractivity (Wildman–Crippen MR) is 151 cm³/mol. The number of phenols is 1. The molecule has 1 saturated heterocycles. The number of rotatable bonds is 10. The summed E-state index contributed by atoms with van der Waals surface area (Å²) < 4.78 is 11.8. The topological polar surface area (TPSA) is 59.0 Å². The zero-order chi connectivity index (χ0) is 27.0. The largest absolute Gasteiger partial charge is 0.508 e. The number of allylic oxidation sites excluding steroid dienone is 5. The van der Waals surface area contributed by atoms with Crippen molar-refractivity contribution < 1.29 is 19.4 Å². The molecule has 1 N–H and O–H groups in total. The minimum absolute atomic E-state index is 0.145. The molecule has 2 heterocycles. The van der Waals surface area contributed by atoms with Crippen LogP contribution in [-0.4, -0.2) is 47.8 Å². The Morgan fingerprint density at radius 2 is 1.62 bits per heavy atom. The van der Waals surface area contributed by atoms with E-state index >= 15 is 0 Å². The van der Waals surface area contributed by atoms with Gasteiger partial charge in [0, 0.05) is 18.7 Å². The Kier molecular flexibility index (Phi) is 10.5. The van der Waals surface area contributed by atoms with E-state index in [0.29, 0.717) is 32.1 Å². The van der Waals surface area contributed by atoms with Gasteiger partial charge in [-0.1, -0.05) is 29.4 Å². The Morgan fingerprint density at radius 1 is 1.00 bits per heavy atom. The molecule has 3 rings (SSSR count). The van der Waals surface area contributed by atoms with E-state index in [1.807, 2.05) is 31.7 Å². The van der Waals surface area contributed by atoms with Crippen LogP contribution in [0.4, 0.5) is 0 Å². The molecule has 1 aromatic rings. The lowest BCUT2D eigenvalue weighted by atomic mass is 9.87. The molecule has 2 aliphatic rings. The summed E-state index contributed by atoms with van der Waals surface area (Å²) in [6, 6.07) is 1.87. The molecule has 37 heavy (non-hydrogen) atoms. The highest BCUT2D eigenvalue weighted by molar-refractivity contribution is 5.92. The number of hydrogen-bond acceptors (Lipinski definition) is 4. The number of hydrogen-bond donors (Lipinski definition) is 1. The van der Waals surface area contributed by atoms with Gasteiger partial charge in [-0.2, -0.15) is 0 Å². The predicted octanol–water partition coefficient (Wildman–Crippen LogP) is 7.13. The molecule has 0 saturated carbocycles. The van der Waals surface area contributed by atoms with Crippen molar-refractivity contribution in [2.75, 3.05) is 26.3 Å². The molecule has 1 amide bonds. The summed E-state index contributed by atoms with van der Waals surface area (Å²) in [7, 11) is 0. The number of amides is 1. The van der Waals surface area contributed by atoms with Crippen molar-refractivity contribution in [3.8, 4) is 11.5 Å². The minimum Gasteiger partial charge on any atom is -0.508 e. The van der Waals surface area contributed by atoms with Crippen molar-refractivity contribution in [1.29, 1.82) is 0 Å².